The van der Waals surface area contributed by atoms with Crippen molar-refractivity contribution in [3.8, 4) is 23.1 Å². The highest BCUT2D eigenvalue weighted by molar-refractivity contribution is 5.61. The van der Waals surface area contributed by atoms with Crippen molar-refractivity contribution in [3.63, 3.8) is 0 Å². The third-order valence-electron chi connectivity index (χ3n) is 3.16. The lowest BCUT2D eigenvalue weighted by Crippen LogP contribution is -2.20. The van der Waals surface area contributed by atoms with E-state index in [1.807, 2.05) is 30.3 Å². The lowest BCUT2D eigenvalue weighted by molar-refractivity contribution is 0.271. The lowest BCUT2D eigenvalue weighted by atomic mass is 10.1. The number of ether oxygens (including phenoxy) is 1. The van der Waals surface area contributed by atoms with Crippen molar-refractivity contribution in [3.05, 3.63) is 52.3 Å². The Bertz CT molecular complexity index is 722. The summed E-state index contributed by atoms with van der Waals surface area (Å²) in [4.78, 5) is 12.0. The first-order valence-electron chi connectivity index (χ1n) is 6.86. The second-order valence-corrected chi connectivity index (χ2v) is 5.34. The molecule has 1 aromatic heterocycles. The predicted octanol–water partition coefficient (Wildman–Crippen LogP) is 2.96. The molecular formula is C17H18N2O2. The van der Waals surface area contributed by atoms with E-state index in [2.05, 4.69) is 13.8 Å². The van der Waals surface area contributed by atoms with Gasteiger partial charge in [-0.3, -0.25) is 4.79 Å². The second kappa shape index (κ2) is 6.27. The van der Waals surface area contributed by atoms with Crippen LogP contribution in [0.25, 0.3) is 11.3 Å². The lowest BCUT2D eigenvalue weighted by Gasteiger charge is -2.11. The average Bonchev–Trinajstić information content (AvgIpc) is 2.48. The molecule has 0 spiro atoms. The van der Waals surface area contributed by atoms with Gasteiger partial charge in [-0.2, -0.15) is 5.26 Å². The smallest absolute Gasteiger partial charge is 0.268 e. The molecule has 0 saturated heterocycles. The molecule has 2 aromatic rings. The minimum absolute atomic E-state index is 0.151. The molecule has 0 aliphatic rings. The summed E-state index contributed by atoms with van der Waals surface area (Å²) in [5.74, 6) is 1.29. The van der Waals surface area contributed by atoms with Crippen LogP contribution in [0.3, 0.4) is 0 Å². The van der Waals surface area contributed by atoms with Gasteiger partial charge < -0.3 is 9.30 Å². The number of pyridine rings is 1. The van der Waals surface area contributed by atoms with Gasteiger partial charge in [0.15, 0.2) is 0 Å². The number of hydrogen-bond donors (Lipinski definition) is 0. The summed E-state index contributed by atoms with van der Waals surface area (Å²) in [6, 6.07) is 12.8. The van der Waals surface area contributed by atoms with Gasteiger partial charge in [0, 0.05) is 7.05 Å². The van der Waals surface area contributed by atoms with Gasteiger partial charge in [-0.1, -0.05) is 13.8 Å². The molecule has 1 heterocycles. The van der Waals surface area contributed by atoms with Crippen LogP contribution < -0.4 is 10.3 Å². The Labute approximate surface area is 124 Å². The summed E-state index contributed by atoms with van der Waals surface area (Å²) < 4.78 is 7.13. The highest BCUT2D eigenvalue weighted by Gasteiger charge is 2.07. The zero-order valence-corrected chi connectivity index (χ0v) is 12.5. The van der Waals surface area contributed by atoms with Gasteiger partial charge in [-0.25, -0.2) is 0 Å². The molecule has 0 amide bonds. The third kappa shape index (κ3) is 3.32. The van der Waals surface area contributed by atoms with Crippen molar-refractivity contribution in [2.24, 2.45) is 13.0 Å². The molecule has 21 heavy (non-hydrogen) atoms. The summed E-state index contributed by atoms with van der Waals surface area (Å²) in [5.41, 5.74) is 1.55. The maximum atomic E-state index is 12.0. The van der Waals surface area contributed by atoms with E-state index in [4.69, 9.17) is 10.00 Å². The number of hydrogen-bond acceptors (Lipinski definition) is 3. The average molecular weight is 282 g/mol. The molecule has 0 saturated carbocycles. The maximum Gasteiger partial charge on any atom is 0.268 e. The van der Waals surface area contributed by atoms with Gasteiger partial charge in [-0.05, 0) is 47.9 Å². The van der Waals surface area contributed by atoms with E-state index >= 15 is 0 Å². The molecule has 1 aromatic carbocycles. The van der Waals surface area contributed by atoms with Crippen LogP contribution in [0, 0.1) is 17.2 Å². The van der Waals surface area contributed by atoms with Crippen LogP contribution in [-0.2, 0) is 7.05 Å². The van der Waals surface area contributed by atoms with Crippen molar-refractivity contribution in [2.75, 3.05) is 6.61 Å². The van der Waals surface area contributed by atoms with Gasteiger partial charge in [0.25, 0.3) is 5.56 Å². The van der Waals surface area contributed by atoms with Gasteiger partial charge >= 0.3 is 0 Å². The molecule has 0 atom stereocenters. The van der Waals surface area contributed by atoms with Crippen LogP contribution >= 0.6 is 0 Å². The van der Waals surface area contributed by atoms with Crippen molar-refractivity contribution in [1.29, 1.82) is 5.26 Å². The third-order valence-corrected chi connectivity index (χ3v) is 3.16. The predicted molar refractivity (Wildman–Crippen MR) is 82.2 cm³/mol. The number of aromatic nitrogens is 1. The van der Waals surface area contributed by atoms with Crippen LogP contribution in [-0.4, -0.2) is 11.2 Å². The molecule has 4 nitrogen and oxygen atoms in total. The minimum atomic E-state index is -0.282. The fourth-order valence-electron chi connectivity index (χ4n) is 2.00. The molecule has 0 aliphatic carbocycles. The molecule has 0 N–H and O–H groups in total. The summed E-state index contributed by atoms with van der Waals surface area (Å²) in [5, 5.41) is 8.86. The van der Waals surface area contributed by atoms with Crippen molar-refractivity contribution in [1.82, 2.24) is 4.57 Å². The molecular weight excluding hydrogens is 264 g/mol. The fourth-order valence-corrected chi connectivity index (χ4v) is 2.00. The van der Waals surface area contributed by atoms with Crippen molar-refractivity contribution < 1.29 is 4.74 Å². The zero-order chi connectivity index (χ0) is 15.4. The summed E-state index contributed by atoms with van der Waals surface area (Å²) in [7, 11) is 1.67. The van der Waals surface area contributed by atoms with Crippen LogP contribution in [0.5, 0.6) is 5.75 Å². The van der Waals surface area contributed by atoms with E-state index in [0.29, 0.717) is 12.5 Å². The first-order chi connectivity index (χ1) is 10.0. The van der Waals surface area contributed by atoms with Crippen LogP contribution in [0.4, 0.5) is 0 Å². The van der Waals surface area contributed by atoms with E-state index in [1.165, 1.54) is 4.57 Å². The van der Waals surface area contributed by atoms with E-state index in [1.54, 1.807) is 19.2 Å². The first-order valence-corrected chi connectivity index (χ1v) is 6.86. The highest BCUT2D eigenvalue weighted by Crippen LogP contribution is 2.21. The van der Waals surface area contributed by atoms with Gasteiger partial charge in [0.2, 0.25) is 0 Å². The normalized spacial score (nSPS) is 10.4. The Balaban J connectivity index is 2.30. The molecule has 0 bridgehead atoms. The summed E-state index contributed by atoms with van der Waals surface area (Å²) >= 11 is 0. The topological polar surface area (TPSA) is 55.0 Å². The first kappa shape index (κ1) is 14.9. The molecule has 2 rings (SSSR count). The number of benzene rings is 1. The molecule has 4 heteroatoms. The summed E-state index contributed by atoms with van der Waals surface area (Å²) in [6.07, 6.45) is 0. The van der Waals surface area contributed by atoms with Gasteiger partial charge in [-0.15, -0.1) is 0 Å². The van der Waals surface area contributed by atoms with Crippen LogP contribution in [0.2, 0.25) is 0 Å². The van der Waals surface area contributed by atoms with Crippen LogP contribution in [0.1, 0.15) is 19.4 Å². The second-order valence-electron chi connectivity index (χ2n) is 5.34. The SMILES string of the molecule is CC(C)COc1ccc(-c2ccc(C#N)c(=O)n2C)cc1. The molecule has 0 fully saturated rings. The number of rotatable bonds is 4. The maximum absolute atomic E-state index is 12.0. The van der Waals surface area contributed by atoms with Gasteiger partial charge in [0.1, 0.15) is 17.4 Å². The van der Waals surface area contributed by atoms with Crippen LogP contribution in [0.15, 0.2) is 41.2 Å². The Kier molecular flexibility index (Phi) is 4.44. The molecule has 0 radical (unpaired) electrons. The minimum Gasteiger partial charge on any atom is -0.493 e. The fraction of sp³-hybridized carbons (Fsp3) is 0.294. The standard InChI is InChI=1S/C17H18N2O2/c1-12(2)11-21-15-7-4-13(5-8-15)16-9-6-14(10-18)17(20)19(16)3/h4-9,12H,11H2,1-3H3. The number of nitrogens with zero attached hydrogens (tertiary/aromatic N) is 2. The Morgan fingerprint density at radius 2 is 1.86 bits per heavy atom. The molecule has 0 unspecified atom stereocenters. The zero-order valence-electron chi connectivity index (χ0n) is 12.5. The monoisotopic (exact) mass is 282 g/mol. The highest BCUT2D eigenvalue weighted by atomic mass is 16.5. The number of nitriles is 1. The quantitative estimate of drug-likeness (QED) is 0.866. The molecule has 0 aliphatic heterocycles. The Morgan fingerprint density at radius 3 is 2.43 bits per heavy atom. The Hall–Kier alpha value is -2.54. The summed E-state index contributed by atoms with van der Waals surface area (Å²) in [6.45, 7) is 4.87. The Morgan fingerprint density at radius 1 is 1.19 bits per heavy atom. The van der Waals surface area contributed by atoms with Gasteiger partial charge in [0.05, 0.1) is 12.3 Å². The van der Waals surface area contributed by atoms with E-state index in [0.717, 1.165) is 17.0 Å². The van der Waals surface area contributed by atoms with Crippen molar-refractivity contribution >= 4 is 0 Å². The van der Waals surface area contributed by atoms with E-state index in [-0.39, 0.29) is 11.1 Å². The van der Waals surface area contributed by atoms with Crippen molar-refractivity contribution in [2.45, 2.75) is 13.8 Å². The van der Waals surface area contributed by atoms with E-state index in [9.17, 15) is 4.79 Å². The molecule has 108 valence electrons. The largest absolute Gasteiger partial charge is 0.493 e. The van der Waals surface area contributed by atoms with E-state index < -0.39 is 0 Å².